The van der Waals surface area contributed by atoms with Crippen LogP contribution in [0.3, 0.4) is 0 Å². The zero-order valence-electron chi connectivity index (χ0n) is 15.7. The van der Waals surface area contributed by atoms with Crippen LogP contribution < -0.4 is 0 Å². The molecule has 2 aromatic heterocycles. The highest BCUT2D eigenvalue weighted by atomic mass is 19.1. The monoisotopic (exact) mass is 389 g/mol. The number of benzene rings is 2. The average Bonchev–Trinajstić information content (AvgIpc) is 3.34. The van der Waals surface area contributed by atoms with Gasteiger partial charge in [0, 0.05) is 5.56 Å². The Bertz CT molecular complexity index is 1150. The number of fused-ring (bicyclic) bond motifs is 5. The summed E-state index contributed by atoms with van der Waals surface area (Å²) in [6.45, 7) is 0.413. The fraction of sp³-hybridized carbons (Fsp3) is 0.227. The summed E-state index contributed by atoms with van der Waals surface area (Å²) in [6.07, 6.45) is 4.85. The van der Waals surface area contributed by atoms with Gasteiger partial charge in [0.05, 0.1) is 36.1 Å². The van der Waals surface area contributed by atoms with E-state index >= 15 is 0 Å². The first-order chi connectivity index (χ1) is 14.2. The second-order valence-electron chi connectivity index (χ2n) is 7.24. The molecule has 1 aliphatic rings. The number of aryl methyl sites for hydroxylation is 1. The summed E-state index contributed by atoms with van der Waals surface area (Å²) in [6, 6.07) is 14.8. The van der Waals surface area contributed by atoms with Crippen molar-refractivity contribution in [2.45, 2.75) is 31.9 Å². The molecule has 146 valence electrons. The summed E-state index contributed by atoms with van der Waals surface area (Å²) in [4.78, 5) is 8.81. The van der Waals surface area contributed by atoms with E-state index in [1.165, 1.54) is 24.0 Å². The number of aromatic nitrogens is 5. The molecule has 29 heavy (non-hydrogen) atoms. The van der Waals surface area contributed by atoms with Gasteiger partial charge in [-0.25, -0.2) is 19.0 Å². The van der Waals surface area contributed by atoms with Crippen molar-refractivity contribution in [1.82, 2.24) is 24.3 Å². The second-order valence-corrected chi connectivity index (χ2v) is 7.24. The molecule has 7 heteroatoms. The molecule has 1 aliphatic heterocycles. The first-order valence-corrected chi connectivity index (χ1v) is 9.67. The van der Waals surface area contributed by atoms with E-state index in [9.17, 15) is 9.50 Å². The molecule has 3 heterocycles. The highest BCUT2D eigenvalue weighted by molar-refractivity contribution is 5.69. The van der Waals surface area contributed by atoms with Gasteiger partial charge >= 0.3 is 0 Å². The first kappa shape index (κ1) is 17.8. The Hall–Kier alpha value is -3.32. The lowest BCUT2D eigenvalue weighted by Gasteiger charge is -2.12. The smallest absolute Gasteiger partial charge is 0.160 e. The summed E-state index contributed by atoms with van der Waals surface area (Å²) in [7, 11) is 0. The number of hydrogen-bond acceptors (Lipinski definition) is 4. The fourth-order valence-electron chi connectivity index (χ4n) is 3.94. The lowest BCUT2D eigenvalue weighted by molar-refractivity contribution is 0.159. The van der Waals surface area contributed by atoms with E-state index in [2.05, 4.69) is 27.2 Å². The van der Waals surface area contributed by atoms with E-state index in [1.54, 1.807) is 17.1 Å². The zero-order chi connectivity index (χ0) is 19.8. The molecule has 1 N–H and O–H groups in total. The Kier molecular flexibility index (Phi) is 4.44. The van der Waals surface area contributed by atoms with Gasteiger partial charge in [-0.15, -0.1) is 0 Å². The van der Waals surface area contributed by atoms with Gasteiger partial charge < -0.3 is 9.67 Å². The van der Waals surface area contributed by atoms with Crippen LogP contribution in [0.25, 0.3) is 17.1 Å². The second kappa shape index (κ2) is 7.25. The van der Waals surface area contributed by atoms with E-state index in [0.29, 0.717) is 30.0 Å². The third-order valence-electron chi connectivity index (χ3n) is 5.37. The summed E-state index contributed by atoms with van der Waals surface area (Å²) in [5.41, 5.74) is 4.17. The molecule has 6 nitrogen and oxygen atoms in total. The van der Waals surface area contributed by atoms with Gasteiger partial charge in [0.2, 0.25) is 0 Å². The van der Waals surface area contributed by atoms with Crippen molar-refractivity contribution in [3.63, 3.8) is 0 Å². The van der Waals surface area contributed by atoms with Gasteiger partial charge in [0.1, 0.15) is 12.1 Å². The molecule has 2 aromatic carbocycles. The van der Waals surface area contributed by atoms with Crippen molar-refractivity contribution in [1.29, 1.82) is 0 Å². The molecular weight excluding hydrogens is 369 g/mol. The van der Waals surface area contributed by atoms with Crippen LogP contribution in [-0.2, 0) is 13.0 Å². The van der Waals surface area contributed by atoms with E-state index in [-0.39, 0.29) is 5.82 Å². The summed E-state index contributed by atoms with van der Waals surface area (Å²) in [5.74, 6) is 0.274. The largest absolute Gasteiger partial charge is 0.387 e. The average molecular weight is 389 g/mol. The van der Waals surface area contributed by atoms with E-state index in [4.69, 9.17) is 0 Å². The summed E-state index contributed by atoms with van der Waals surface area (Å²) in [5, 5.41) is 15.1. The van der Waals surface area contributed by atoms with Gasteiger partial charge in [0.25, 0.3) is 0 Å². The molecule has 0 saturated heterocycles. The van der Waals surface area contributed by atoms with Gasteiger partial charge in [-0.2, -0.15) is 5.10 Å². The van der Waals surface area contributed by atoms with E-state index < -0.39 is 6.10 Å². The fourth-order valence-corrected chi connectivity index (χ4v) is 3.94. The molecule has 1 atom stereocenters. The number of halogens is 1. The molecule has 0 aliphatic carbocycles. The van der Waals surface area contributed by atoms with E-state index in [1.807, 2.05) is 22.8 Å². The number of aliphatic hydroxyl groups excluding tert-OH is 1. The van der Waals surface area contributed by atoms with Gasteiger partial charge in [-0.1, -0.05) is 30.3 Å². The molecule has 0 bridgehead atoms. The van der Waals surface area contributed by atoms with Crippen molar-refractivity contribution in [2.75, 3.05) is 0 Å². The number of hydrogen-bond donors (Lipinski definition) is 1. The molecule has 0 radical (unpaired) electrons. The molecule has 1 unspecified atom stereocenters. The summed E-state index contributed by atoms with van der Waals surface area (Å²) >= 11 is 0. The molecule has 5 rings (SSSR count). The topological polar surface area (TPSA) is 68.8 Å². The van der Waals surface area contributed by atoms with Crippen LogP contribution in [0.1, 0.15) is 35.9 Å². The maximum atomic E-state index is 13.9. The summed E-state index contributed by atoms with van der Waals surface area (Å²) < 4.78 is 17.5. The van der Waals surface area contributed by atoms with Crippen molar-refractivity contribution < 1.29 is 9.50 Å². The van der Waals surface area contributed by atoms with Crippen LogP contribution in [-0.4, -0.2) is 29.4 Å². The van der Waals surface area contributed by atoms with Crippen LogP contribution in [0.15, 0.2) is 61.2 Å². The number of imidazole rings is 1. The van der Waals surface area contributed by atoms with Crippen LogP contribution >= 0.6 is 0 Å². The van der Waals surface area contributed by atoms with Crippen molar-refractivity contribution in [3.8, 4) is 17.1 Å². The molecule has 4 aromatic rings. The predicted octanol–water partition coefficient (Wildman–Crippen LogP) is 3.69. The van der Waals surface area contributed by atoms with E-state index in [0.717, 1.165) is 24.2 Å². The first-order valence-electron chi connectivity index (χ1n) is 9.67. The quantitative estimate of drug-likeness (QED) is 0.498. The van der Waals surface area contributed by atoms with Crippen molar-refractivity contribution in [2.24, 2.45) is 0 Å². The maximum Gasteiger partial charge on any atom is 0.160 e. The highest BCUT2D eigenvalue weighted by Gasteiger charge is 2.26. The van der Waals surface area contributed by atoms with Crippen LogP contribution in [0, 0.1) is 5.82 Å². The van der Waals surface area contributed by atoms with Crippen LogP contribution in [0.4, 0.5) is 4.39 Å². The predicted molar refractivity (Wildman–Crippen MR) is 106 cm³/mol. The zero-order valence-corrected chi connectivity index (χ0v) is 15.7. The minimum Gasteiger partial charge on any atom is -0.387 e. The Morgan fingerprint density at radius 1 is 1.10 bits per heavy atom. The lowest BCUT2D eigenvalue weighted by Crippen LogP contribution is -2.10. The lowest BCUT2D eigenvalue weighted by atomic mass is 10.0. The molecular formula is C22H20FN5O. The van der Waals surface area contributed by atoms with Gasteiger partial charge in [-0.3, -0.25) is 0 Å². The third kappa shape index (κ3) is 3.23. The van der Waals surface area contributed by atoms with Gasteiger partial charge in [-0.05, 0) is 43.0 Å². The minimum atomic E-state index is -0.677. The Morgan fingerprint density at radius 3 is 2.83 bits per heavy atom. The highest BCUT2D eigenvalue weighted by Crippen LogP contribution is 2.33. The third-order valence-corrected chi connectivity index (χ3v) is 5.37. The SMILES string of the molecule is OC(CCCc1ccccc1)c1ncn2c1Cn1ncnc1-c1cc(F)ccc1-2. The van der Waals surface area contributed by atoms with Crippen molar-refractivity contribution in [3.05, 3.63) is 84.0 Å². The maximum absolute atomic E-state index is 13.9. The molecule has 0 fully saturated rings. The number of rotatable bonds is 5. The molecule has 0 amide bonds. The normalized spacial score (nSPS) is 13.3. The Labute approximate surface area is 167 Å². The number of nitrogens with zero attached hydrogens (tertiary/aromatic N) is 5. The molecule has 0 spiro atoms. The number of aliphatic hydroxyl groups is 1. The van der Waals surface area contributed by atoms with Crippen LogP contribution in [0.5, 0.6) is 0 Å². The van der Waals surface area contributed by atoms with Crippen molar-refractivity contribution >= 4 is 0 Å². The van der Waals surface area contributed by atoms with Gasteiger partial charge in [0.15, 0.2) is 5.82 Å². The minimum absolute atomic E-state index is 0.331. The Balaban J connectivity index is 1.45. The molecule has 0 saturated carbocycles. The van der Waals surface area contributed by atoms with Crippen LogP contribution in [0.2, 0.25) is 0 Å². The standard InChI is InChI=1S/C22H20FN5O/c23-16-9-10-18-17(11-16)22-24-13-26-28(22)12-19-21(25-14-27(18)19)20(29)8-4-7-15-5-2-1-3-6-15/h1-3,5-6,9-11,13-14,20,29H,4,7-8,12H2. The Morgan fingerprint density at radius 2 is 1.97 bits per heavy atom.